The van der Waals surface area contributed by atoms with Crippen molar-refractivity contribution in [2.45, 2.75) is 6.92 Å². The molecule has 0 saturated heterocycles. The molecule has 0 aliphatic rings. The number of aromatic nitrogens is 1. The van der Waals surface area contributed by atoms with Gasteiger partial charge in [0.15, 0.2) is 11.5 Å². The third-order valence-electron chi connectivity index (χ3n) is 2.71. The van der Waals surface area contributed by atoms with E-state index in [1.165, 1.54) is 17.6 Å². The highest BCUT2D eigenvalue weighted by Crippen LogP contribution is 2.28. The van der Waals surface area contributed by atoms with Crippen molar-refractivity contribution in [1.82, 2.24) is 4.37 Å². The molecule has 0 bridgehead atoms. The molecule has 2 rings (SSSR count). The lowest BCUT2D eigenvalue weighted by Crippen LogP contribution is -2.06. The standard InChI is InChI=1S/C15H16N2O3S/c1-10-8-15(21-17-10)16-14(18)7-5-11-4-6-12(19-2)13(9-11)20-3/h4-9H,1-3H3,(H,16,18)/b7-5+. The number of benzene rings is 1. The first-order chi connectivity index (χ1) is 10.1. The van der Waals surface area contributed by atoms with Gasteiger partial charge in [-0.25, -0.2) is 0 Å². The maximum absolute atomic E-state index is 11.8. The third-order valence-corrected chi connectivity index (χ3v) is 3.50. The second-order valence-electron chi connectivity index (χ2n) is 4.27. The molecule has 1 N–H and O–H groups in total. The van der Waals surface area contributed by atoms with E-state index in [2.05, 4.69) is 9.69 Å². The number of hydrogen-bond acceptors (Lipinski definition) is 5. The molecule has 1 heterocycles. The lowest BCUT2D eigenvalue weighted by atomic mass is 10.2. The summed E-state index contributed by atoms with van der Waals surface area (Å²) in [5, 5.41) is 3.49. The van der Waals surface area contributed by atoms with Gasteiger partial charge in [-0.2, -0.15) is 4.37 Å². The lowest BCUT2D eigenvalue weighted by molar-refractivity contribution is -0.111. The number of amides is 1. The number of anilines is 1. The average molecular weight is 304 g/mol. The molecule has 1 aromatic heterocycles. The molecule has 2 aromatic rings. The average Bonchev–Trinajstić information content (AvgIpc) is 2.89. The van der Waals surface area contributed by atoms with Gasteiger partial charge in [-0.3, -0.25) is 4.79 Å². The molecule has 0 unspecified atom stereocenters. The van der Waals surface area contributed by atoms with Crippen molar-refractivity contribution in [1.29, 1.82) is 0 Å². The molecule has 0 aliphatic heterocycles. The monoisotopic (exact) mass is 304 g/mol. The van der Waals surface area contributed by atoms with Crippen LogP contribution in [0.4, 0.5) is 5.00 Å². The molecule has 0 atom stereocenters. The van der Waals surface area contributed by atoms with E-state index in [1.54, 1.807) is 32.4 Å². The van der Waals surface area contributed by atoms with E-state index in [-0.39, 0.29) is 5.91 Å². The first kappa shape index (κ1) is 15.1. The van der Waals surface area contributed by atoms with Crippen LogP contribution in [0.25, 0.3) is 6.08 Å². The normalized spacial score (nSPS) is 10.6. The summed E-state index contributed by atoms with van der Waals surface area (Å²) in [6.45, 7) is 1.88. The molecule has 0 aliphatic carbocycles. The first-order valence-electron chi connectivity index (χ1n) is 6.27. The van der Waals surface area contributed by atoms with Gasteiger partial charge in [-0.15, -0.1) is 0 Å². The number of rotatable bonds is 5. The molecule has 0 radical (unpaired) electrons. The van der Waals surface area contributed by atoms with Gasteiger partial charge >= 0.3 is 0 Å². The summed E-state index contributed by atoms with van der Waals surface area (Å²) in [6.07, 6.45) is 3.18. The second-order valence-corrected chi connectivity index (χ2v) is 5.07. The Balaban J connectivity index is 2.04. The van der Waals surface area contributed by atoms with Crippen molar-refractivity contribution >= 4 is 28.5 Å². The maximum Gasteiger partial charge on any atom is 0.249 e. The highest BCUT2D eigenvalue weighted by atomic mass is 32.1. The van der Waals surface area contributed by atoms with Gasteiger partial charge in [0.1, 0.15) is 5.00 Å². The number of nitrogens with one attached hydrogen (secondary N) is 1. The number of methoxy groups -OCH3 is 2. The summed E-state index contributed by atoms with van der Waals surface area (Å²) in [5.74, 6) is 1.07. The second kappa shape index (κ2) is 6.90. The molecule has 0 spiro atoms. The quantitative estimate of drug-likeness (QED) is 0.862. The summed E-state index contributed by atoms with van der Waals surface area (Å²) in [7, 11) is 3.15. The molecular weight excluding hydrogens is 288 g/mol. The molecule has 1 amide bonds. The maximum atomic E-state index is 11.8. The number of carbonyl (C=O) groups excluding carboxylic acids is 1. The minimum absolute atomic E-state index is 0.201. The Morgan fingerprint density at radius 3 is 2.62 bits per heavy atom. The van der Waals surface area contributed by atoms with E-state index in [9.17, 15) is 4.79 Å². The van der Waals surface area contributed by atoms with E-state index >= 15 is 0 Å². The van der Waals surface area contributed by atoms with E-state index in [0.717, 1.165) is 16.3 Å². The van der Waals surface area contributed by atoms with Crippen LogP contribution in [-0.2, 0) is 4.79 Å². The Bertz CT molecular complexity index is 665. The fraction of sp³-hybridized carbons (Fsp3) is 0.200. The van der Waals surface area contributed by atoms with E-state index in [4.69, 9.17) is 9.47 Å². The van der Waals surface area contributed by atoms with Gasteiger partial charge in [0.2, 0.25) is 5.91 Å². The number of hydrogen-bond donors (Lipinski definition) is 1. The molecule has 0 fully saturated rings. The van der Waals surface area contributed by atoms with Crippen LogP contribution >= 0.6 is 11.5 Å². The third kappa shape index (κ3) is 4.06. The van der Waals surface area contributed by atoms with Crippen LogP contribution in [0.5, 0.6) is 11.5 Å². The van der Waals surface area contributed by atoms with Crippen LogP contribution in [0.3, 0.4) is 0 Å². The topological polar surface area (TPSA) is 60.5 Å². The Morgan fingerprint density at radius 1 is 1.24 bits per heavy atom. The highest BCUT2D eigenvalue weighted by Gasteiger charge is 2.04. The van der Waals surface area contributed by atoms with E-state index in [0.29, 0.717) is 11.5 Å². The van der Waals surface area contributed by atoms with Crippen LogP contribution < -0.4 is 14.8 Å². The predicted molar refractivity (Wildman–Crippen MR) is 84.1 cm³/mol. The van der Waals surface area contributed by atoms with Crippen LogP contribution in [0.15, 0.2) is 30.3 Å². The van der Waals surface area contributed by atoms with Gasteiger partial charge in [0.25, 0.3) is 0 Å². The Morgan fingerprint density at radius 2 is 2.00 bits per heavy atom. The Kier molecular flexibility index (Phi) is 4.94. The van der Waals surface area contributed by atoms with Crippen molar-refractivity contribution in [3.05, 3.63) is 41.6 Å². The largest absolute Gasteiger partial charge is 0.493 e. The summed E-state index contributed by atoms with van der Waals surface area (Å²) in [5.41, 5.74) is 1.74. The number of nitrogens with zero attached hydrogens (tertiary/aromatic N) is 1. The number of aryl methyl sites for hydroxylation is 1. The van der Waals surface area contributed by atoms with Crippen LogP contribution in [0.1, 0.15) is 11.3 Å². The minimum Gasteiger partial charge on any atom is -0.493 e. The fourth-order valence-corrected chi connectivity index (χ4v) is 2.38. The van der Waals surface area contributed by atoms with Crippen LogP contribution in [-0.4, -0.2) is 24.5 Å². The Labute approximate surface area is 127 Å². The molecular formula is C15H16N2O3S. The molecule has 110 valence electrons. The van der Waals surface area contributed by atoms with Crippen molar-refractivity contribution in [2.75, 3.05) is 19.5 Å². The van der Waals surface area contributed by atoms with Gasteiger partial charge < -0.3 is 14.8 Å². The van der Waals surface area contributed by atoms with Gasteiger partial charge in [-0.1, -0.05) is 6.07 Å². The van der Waals surface area contributed by atoms with E-state index in [1.807, 2.05) is 19.1 Å². The molecule has 5 nitrogen and oxygen atoms in total. The van der Waals surface area contributed by atoms with E-state index < -0.39 is 0 Å². The van der Waals surface area contributed by atoms with Gasteiger partial charge in [0, 0.05) is 6.08 Å². The first-order valence-corrected chi connectivity index (χ1v) is 7.04. The number of carbonyl (C=O) groups is 1. The van der Waals surface area contributed by atoms with Gasteiger partial charge in [-0.05, 0) is 48.3 Å². The van der Waals surface area contributed by atoms with Crippen LogP contribution in [0.2, 0.25) is 0 Å². The lowest BCUT2D eigenvalue weighted by Gasteiger charge is -2.07. The molecule has 6 heteroatoms. The summed E-state index contributed by atoms with van der Waals surface area (Å²) >= 11 is 1.26. The smallest absolute Gasteiger partial charge is 0.249 e. The van der Waals surface area contributed by atoms with Crippen molar-refractivity contribution in [3.8, 4) is 11.5 Å². The zero-order valence-corrected chi connectivity index (χ0v) is 12.9. The summed E-state index contributed by atoms with van der Waals surface area (Å²) in [6, 6.07) is 7.28. The minimum atomic E-state index is -0.201. The predicted octanol–water partition coefficient (Wildman–Crippen LogP) is 3.12. The van der Waals surface area contributed by atoms with Crippen molar-refractivity contribution in [3.63, 3.8) is 0 Å². The van der Waals surface area contributed by atoms with Crippen molar-refractivity contribution < 1.29 is 14.3 Å². The fourth-order valence-electron chi connectivity index (χ4n) is 1.71. The highest BCUT2D eigenvalue weighted by molar-refractivity contribution is 7.10. The number of ether oxygens (including phenoxy) is 2. The SMILES string of the molecule is COc1ccc(/C=C/C(=O)Nc2cc(C)ns2)cc1OC. The Hall–Kier alpha value is -2.34. The summed E-state index contributed by atoms with van der Waals surface area (Å²) < 4.78 is 14.5. The van der Waals surface area contributed by atoms with Gasteiger partial charge in [0.05, 0.1) is 19.9 Å². The summed E-state index contributed by atoms with van der Waals surface area (Å²) in [4.78, 5) is 11.8. The molecule has 1 aromatic carbocycles. The molecule has 21 heavy (non-hydrogen) atoms. The zero-order chi connectivity index (χ0) is 15.2. The van der Waals surface area contributed by atoms with Crippen LogP contribution in [0, 0.1) is 6.92 Å². The van der Waals surface area contributed by atoms with Crippen molar-refractivity contribution in [2.24, 2.45) is 0 Å². The molecule has 0 saturated carbocycles. The zero-order valence-electron chi connectivity index (χ0n) is 12.0.